The van der Waals surface area contributed by atoms with E-state index in [0.29, 0.717) is 0 Å². The molecule has 0 saturated heterocycles. The zero-order valence-electron chi connectivity index (χ0n) is 10.9. The van der Waals surface area contributed by atoms with Gasteiger partial charge in [-0.15, -0.1) is 0 Å². The van der Waals surface area contributed by atoms with Crippen molar-refractivity contribution in [3.63, 3.8) is 0 Å². The van der Waals surface area contributed by atoms with Gasteiger partial charge >= 0.3 is 0 Å². The van der Waals surface area contributed by atoms with Gasteiger partial charge in [0.1, 0.15) is 0 Å². The highest BCUT2D eigenvalue weighted by atomic mass is 127. The summed E-state index contributed by atoms with van der Waals surface area (Å²) >= 11 is 8.41. The molecule has 0 heterocycles. The molecule has 1 unspecified atom stereocenters. The van der Waals surface area contributed by atoms with Gasteiger partial charge in [0.15, 0.2) is 0 Å². The maximum absolute atomic E-state index is 6.19. The number of nitrogens with one attached hydrogen (secondary N) is 1. The fraction of sp³-hybridized carbons (Fsp3) is 0.200. The van der Waals surface area contributed by atoms with Crippen LogP contribution in [0.5, 0.6) is 0 Å². The lowest BCUT2D eigenvalue weighted by molar-refractivity contribution is 0.633. The Bertz CT molecular complexity index is 599. The van der Waals surface area contributed by atoms with Gasteiger partial charge in [0.25, 0.3) is 0 Å². The van der Waals surface area contributed by atoms with E-state index < -0.39 is 0 Å². The predicted molar refractivity (Wildman–Crippen MR) is 89.3 cm³/mol. The van der Waals surface area contributed by atoms with Crippen molar-refractivity contribution >= 4 is 34.2 Å². The first kappa shape index (κ1) is 14.8. The van der Waals surface area contributed by atoms with Crippen LogP contribution in [0.3, 0.4) is 0 Å². The van der Waals surface area contributed by atoms with Crippen LogP contribution in [0.15, 0.2) is 36.4 Å². The zero-order valence-corrected chi connectivity index (χ0v) is 13.8. The molecule has 0 fully saturated rings. The second-order valence-corrected chi connectivity index (χ2v) is 6.20. The van der Waals surface area contributed by atoms with Gasteiger partial charge in [0.2, 0.25) is 0 Å². The second kappa shape index (κ2) is 6.22. The van der Waals surface area contributed by atoms with Crippen LogP contribution in [0, 0.1) is 17.4 Å². The molecule has 0 spiro atoms. The minimum Gasteiger partial charge on any atom is -0.271 e. The summed E-state index contributed by atoms with van der Waals surface area (Å²) in [6.07, 6.45) is 0. The molecular weight excluding hydrogens is 371 g/mol. The molecule has 0 bridgehead atoms. The minimum atomic E-state index is -0.0462. The second-order valence-electron chi connectivity index (χ2n) is 4.63. The van der Waals surface area contributed by atoms with E-state index in [0.717, 1.165) is 14.2 Å². The van der Waals surface area contributed by atoms with Crippen LogP contribution in [-0.4, -0.2) is 0 Å². The normalized spacial score (nSPS) is 12.5. The number of nitrogens with two attached hydrogens (primary N) is 1. The van der Waals surface area contributed by atoms with Crippen molar-refractivity contribution < 1.29 is 0 Å². The lowest BCUT2D eigenvalue weighted by Crippen LogP contribution is -2.29. The molecule has 100 valence electrons. The number of rotatable bonds is 3. The molecule has 0 aliphatic rings. The minimum absolute atomic E-state index is 0.0462. The van der Waals surface area contributed by atoms with Crippen LogP contribution in [0.4, 0.5) is 0 Å². The molecule has 0 radical (unpaired) electrons. The highest BCUT2D eigenvalue weighted by molar-refractivity contribution is 14.1. The maximum Gasteiger partial charge on any atom is 0.0713 e. The van der Waals surface area contributed by atoms with Crippen LogP contribution >= 0.6 is 34.2 Å². The van der Waals surface area contributed by atoms with E-state index in [4.69, 9.17) is 17.4 Å². The Morgan fingerprint density at radius 3 is 2.47 bits per heavy atom. The van der Waals surface area contributed by atoms with Crippen LogP contribution < -0.4 is 11.3 Å². The van der Waals surface area contributed by atoms with Gasteiger partial charge in [-0.25, -0.2) is 5.43 Å². The predicted octanol–water partition coefficient (Wildman–Crippen LogP) is 4.11. The molecule has 0 aliphatic carbocycles. The molecule has 0 saturated carbocycles. The first-order valence-electron chi connectivity index (χ1n) is 6.01. The standard InChI is InChI=1S/C15H16ClIN2/c1-9-3-5-12(10(2)7-9)15(19-18)11-4-6-14(17)13(16)8-11/h3-8,15,19H,18H2,1-2H3. The lowest BCUT2D eigenvalue weighted by atomic mass is 9.94. The molecule has 0 amide bonds. The van der Waals surface area contributed by atoms with Gasteiger partial charge in [-0.2, -0.15) is 0 Å². The fourth-order valence-electron chi connectivity index (χ4n) is 2.21. The third-order valence-corrected chi connectivity index (χ3v) is 4.75. The van der Waals surface area contributed by atoms with Gasteiger partial charge in [-0.05, 0) is 65.3 Å². The summed E-state index contributed by atoms with van der Waals surface area (Å²) in [4.78, 5) is 0. The number of hydrazine groups is 1. The van der Waals surface area contributed by atoms with Gasteiger partial charge < -0.3 is 0 Å². The van der Waals surface area contributed by atoms with Crippen molar-refractivity contribution in [3.8, 4) is 0 Å². The first-order chi connectivity index (χ1) is 9.02. The molecule has 3 N–H and O–H groups in total. The third kappa shape index (κ3) is 3.28. The summed E-state index contributed by atoms with van der Waals surface area (Å²) in [7, 11) is 0. The topological polar surface area (TPSA) is 38.0 Å². The van der Waals surface area contributed by atoms with E-state index in [1.165, 1.54) is 16.7 Å². The van der Waals surface area contributed by atoms with Crippen molar-refractivity contribution in [2.75, 3.05) is 0 Å². The Morgan fingerprint density at radius 1 is 1.16 bits per heavy atom. The highest BCUT2D eigenvalue weighted by Gasteiger charge is 2.15. The Balaban J connectivity index is 2.46. The van der Waals surface area contributed by atoms with E-state index in [1.54, 1.807) is 0 Å². The lowest BCUT2D eigenvalue weighted by Gasteiger charge is -2.20. The van der Waals surface area contributed by atoms with Crippen LogP contribution in [0.25, 0.3) is 0 Å². The molecule has 0 aromatic heterocycles. The van der Waals surface area contributed by atoms with Crippen molar-refractivity contribution in [2.45, 2.75) is 19.9 Å². The average Bonchev–Trinajstić information content (AvgIpc) is 2.37. The van der Waals surface area contributed by atoms with Crippen LogP contribution in [-0.2, 0) is 0 Å². The van der Waals surface area contributed by atoms with E-state index in [-0.39, 0.29) is 6.04 Å². The number of benzene rings is 2. The molecule has 2 aromatic carbocycles. The maximum atomic E-state index is 6.19. The Hall–Kier alpha value is -0.620. The third-order valence-electron chi connectivity index (χ3n) is 3.18. The summed E-state index contributed by atoms with van der Waals surface area (Å²) < 4.78 is 1.04. The van der Waals surface area contributed by atoms with E-state index in [1.807, 2.05) is 12.1 Å². The van der Waals surface area contributed by atoms with Crippen molar-refractivity contribution in [1.29, 1.82) is 0 Å². The molecule has 4 heteroatoms. The SMILES string of the molecule is Cc1ccc(C(NN)c2ccc(I)c(Cl)c2)c(C)c1. The zero-order chi connectivity index (χ0) is 14.0. The van der Waals surface area contributed by atoms with Crippen LogP contribution in [0.2, 0.25) is 5.02 Å². The number of hydrogen-bond donors (Lipinski definition) is 2. The van der Waals surface area contributed by atoms with Crippen molar-refractivity contribution in [1.82, 2.24) is 5.43 Å². The Kier molecular flexibility index (Phi) is 4.84. The van der Waals surface area contributed by atoms with E-state index in [9.17, 15) is 0 Å². The summed E-state index contributed by atoms with van der Waals surface area (Å²) in [6, 6.07) is 12.3. The number of aryl methyl sites for hydroxylation is 2. The Labute approximate surface area is 132 Å². The fourth-order valence-corrected chi connectivity index (χ4v) is 2.73. The monoisotopic (exact) mass is 386 g/mol. The van der Waals surface area contributed by atoms with Gasteiger partial charge in [0, 0.05) is 3.57 Å². The Morgan fingerprint density at radius 2 is 1.89 bits per heavy atom. The van der Waals surface area contributed by atoms with Crippen LogP contribution in [0.1, 0.15) is 28.3 Å². The molecule has 1 atom stereocenters. The summed E-state index contributed by atoms with van der Waals surface area (Å²) in [6.45, 7) is 4.18. The summed E-state index contributed by atoms with van der Waals surface area (Å²) in [5.74, 6) is 5.74. The molecule has 2 nitrogen and oxygen atoms in total. The molecular formula is C15H16ClIN2. The highest BCUT2D eigenvalue weighted by Crippen LogP contribution is 2.28. The van der Waals surface area contributed by atoms with Crippen molar-refractivity contribution in [3.05, 3.63) is 67.2 Å². The molecule has 19 heavy (non-hydrogen) atoms. The number of halogens is 2. The van der Waals surface area contributed by atoms with Gasteiger partial charge in [0.05, 0.1) is 11.1 Å². The smallest absolute Gasteiger partial charge is 0.0713 e. The first-order valence-corrected chi connectivity index (χ1v) is 7.47. The van der Waals surface area contributed by atoms with E-state index >= 15 is 0 Å². The summed E-state index contributed by atoms with van der Waals surface area (Å²) in [5.41, 5.74) is 7.59. The quantitative estimate of drug-likeness (QED) is 0.473. The molecule has 0 aliphatic heterocycles. The average molecular weight is 387 g/mol. The number of hydrogen-bond acceptors (Lipinski definition) is 2. The van der Waals surface area contributed by atoms with Gasteiger partial charge in [-0.3, -0.25) is 5.84 Å². The van der Waals surface area contributed by atoms with Gasteiger partial charge in [-0.1, -0.05) is 41.4 Å². The largest absolute Gasteiger partial charge is 0.271 e. The molecule has 2 aromatic rings. The van der Waals surface area contributed by atoms with Crippen molar-refractivity contribution in [2.24, 2.45) is 5.84 Å². The van der Waals surface area contributed by atoms with E-state index in [2.05, 4.69) is 66.1 Å². The summed E-state index contributed by atoms with van der Waals surface area (Å²) in [5, 5.41) is 0.753. The molecule has 2 rings (SSSR count).